The van der Waals surface area contributed by atoms with Crippen LogP contribution in [0.5, 0.6) is 0 Å². The van der Waals surface area contributed by atoms with E-state index in [2.05, 4.69) is 24.4 Å². The largest absolute Gasteiger partial charge is 0.399 e. The van der Waals surface area contributed by atoms with Crippen LogP contribution in [0.4, 0.5) is 5.69 Å². The fourth-order valence-corrected chi connectivity index (χ4v) is 2.46. The number of benzene rings is 1. The van der Waals surface area contributed by atoms with E-state index in [1.54, 1.807) is 0 Å². The molecular formula is C14H22N2. The molecule has 88 valence electrons. The van der Waals surface area contributed by atoms with Crippen LogP contribution in [-0.4, -0.2) is 12.6 Å². The van der Waals surface area contributed by atoms with Crippen molar-refractivity contribution in [1.82, 2.24) is 5.32 Å². The summed E-state index contributed by atoms with van der Waals surface area (Å²) in [7, 11) is 0. The zero-order chi connectivity index (χ0) is 11.4. The molecule has 0 heterocycles. The van der Waals surface area contributed by atoms with Crippen LogP contribution in [0, 0.1) is 0 Å². The topological polar surface area (TPSA) is 38.0 Å². The molecule has 0 saturated carbocycles. The molecule has 16 heavy (non-hydrogen) atoms. The molecule has 0 aromatic heterocycles. The van der Waals surface area contributed by atoms with E-state index in [-0.39, 0.29) is 0 Å². The number of hydrogen-bond donors (Lipinski definition) is 2. The van der Waals surface area contributed by atoms with E-state index in [0.717, 1.165) is 18.7 Å². The van der Waals surface area contributed by atoms with Gasteiger partial charge in [-0.05, 0) is 49.1 Å². The summed E-state index contributed by atoms with van der Waals surface area (Å²) in [6, 6.07) is 6.95. The Balaban J connectivity index is 1.81. The Labute approximate surface area is 98.2 Å². The van der Waals surface area contributed by atoms with Gasteiger partial charge in [0, 0.05) is 11.7 Å². The Morgan fingerprint density at radius 2 is 2.06 bits per heavy atom. The molecule has 0 saturated heterocycles. The summed E-state index contributed by atoms with van der Waals surface area (Å²) in [5.41, 5.74) is 9.60. The van der Waals surface area contributed by atoms with E-state index in [9.17, 15) is 0 Å². The van der Waals surface area contributed by atoms with Crippen molar-refractivity contribution in [3.8, 4) is 0 Å². The zero-order valence-electron chi connectivity index (χ0n) is 10.1. The summed E-state index contributed by atoms with van der Waals surface area (Å²) in [6.45, 7) is 3.40. The second-order valence-electron chi connectivity index (χ2n) is 4.79. The Bertz CT molecular complexity index is 347. The van der Waals surface area contributed by atoms with E-state index in [1.165, 1.54) is 36.8 Å². The van der Waals surface area contributed by atoms with Crippen LogP contribution in [0.1, 0.15) is 37.3 Å². The smallest absolute Gasteiger partial charge is 0.0316 e. The number of rotatable bonds is 5. The molecule has 0 radical (unpaired) electrons. The molecule has 1 atom stereocenters. The number of fused-ring (bicyclic) bond motifs is 1. The van der Waals surface area contributed by atoms with E-state index in [4.69, 9.17) is 5.73 Å². The lowest BCUT2D eigenvalue weighted by Crippen LogP contribution is -2.30. The summed E-state index contributed by atoms with van der Waals surface area (Å²) in [5.74, 6) is 0. The summed E-state index contributed by atoms with van der Waals surface area (Å²) in [6.07, 6.45) is 6.24. The van der Waals surface area contributed by atoms with Crippen molar-refractivity contribution in [3.05, 3.63) is 29.3 Å². The van der Waals surface area contributed by atoms with Crippen LogP contribution in [0.15, 0.2) is 18.2 Å². The molecule has 2 rings (SSSR count). The minimum Gasteiger partial charge on any atom is -0.399 e. The lowest BCUT2D eigenvalue weighted by molar-refractivity contribution is 0.513. The predicted molar refractivity (Wildman–Crippen MR) is 69.6 cm³/mol. The molecule has 0 amide bonds. The average molecular weight is 218 g/mol. The van der Waals surface area contributed by atoms with Gasteiger partial charge in [0.1, 0.15) is 0 Å². The van der Waals surface area contributed by atoms with Crippen molar-refractivity contribution >= 4 is 5.69 Å². The molecule has 1 aromatic carbocycles. The van der Waals surface area contributed by atoms with Crippen LogP contribution in [0.3, 0.4) is 0 Å². The Kier molecular flexibility index (Phi) is 3.83. The minimum absolute atomic E-state index is 0.633. The van der Waals surface area contributed by atoms with E-state index in [0.29, 0.717) is 6.04 Å². The number of anilines is 1. The Morgan fingerprint density at radius 1 is 1.25 bits per heavy atom. The van der Waals surface area contributed by atoms with Crippen molar-refractivity contribution < 1.29 is 0 Å². The van der Waals surface area contributed by atoms with Crippen LogP contribution < -0.4 is 11.1 Å². The minimum atomic E-state index is 0.633. The zero-order valence-corrected chi connectivity index (χ0v) is 10.1. The van der Waals surface area contributed by atoms with Gasteiger partial charge < -0.3 is 11.1 Å². The van der Waals surface area contributed by atoms with Gasteiger partial charge in [-0.2, -0.15) is 0 Å². The number of hydrogen-bond acceptors (Lipinski definition) is 2. The molecule has 0 fully saturated rings. The summed E-state index contributed by atoms with van der Waals surface area (Å²) >= 11 is 0. The summed E-state index contributed by atoms with van der Waals surface area (Å²) in [5, 5.41) is 3.64. The maximum atomic E-state index is 5.80. The number of nitrogens with two attached hydrogens (primary N) is 1. The van der Waals surface area contributed by atoms with Gasteiger partial charge in [0.25, 0.3) is 0 Å². The highest BCUT2D eigenvalue weighted by molar-refractivity contribution is 5.47. The predicted octanol–water partition coefficient (Wildman–Crippen LogP) is 2.52. The van der Waals surface area contributed by atoms with Crippen molar-refractivity contribution in [2.45, 2.75) is 45.1 Å². The maximum Gasteiger partial charge on any atom is 0.0316 e. The molecule has 2 heteroatoms. The van der Waals surface area contributed by atoms with Gasteiger partial charge >= 0.3 is 0 Å². The lowest BCUT2D eigenvalue weighted by atomic mass is 10.1. The standard InChI is InChI=1S/C14H22N2/c1-2-3-4-7-16-14-9-11-5-6-13(15)8-12(11)10-14/h5-6,8,14,16H,2-4,7,9-10,15H2,1H3. The molecule has 1 aromatic rings. The van der Waals surface area contributed by atoms with Crippen LogP contribution >= 0.6 is 0 Å². The van der Waals surface area contributed by atoms with E-state index < -0.39 is 0 Å². The van der Waals surface area contributed by atoms with Gasteiger partial charge in [-0.15, -0.1) is 0 Å². The normalized spacial score (nSPS) is 18.7. The van der Waals surface area contributed by atoms with Gasteiger partial charge in [0.2, 0.25) is 0 Å². The van der Waals surface area contributed by atoms with Crippen LogP contribution in [-0.2, 0) is 12.8 Å². The molecule has 1 aliphatic rings. The Hall–Kier alpha value is -1.02. The highest BCUT2D eigenvalue weighted by Gasteiger charge is 2.20. The first-order chi connectivity index (χ1) is 7.79. The molecule has 1 aliphatic carbocycles. The first-order valence-corrected chi connectivity index (χ1v) is 6.40. The van der Waals surface area contributed by atoms with Crippen LogP contribution in [0.2, 0.25) is 0 Å². The van der Waals surface area contributed by atoms with Crippen LogP contribution in [0.25, 0.3) is 0 Å². The van der Waals surface area contributed by atoms with Gasteiger partial charge in [0.05, 0.1) is 0 Å². The quantitative estimate of drug-likeness (QED) is 0.588. The van der Waals surface area contributed by atoms with Crippen molar-refractivity contribution in [2.75, 3.05) is 12.3 Å². The Morgan fingerprint density at radius 3 is 2.88 bits per heavy atom. The summed E-state index contributed by atoms with van der Waals surface area (Å²) < 4.78 is 0. The molecule has 0 spiro atoms. The van der Waals surface area contributed by atoms with Gasteiger partial charge in [-0.25, -0.2) is 0 Å². The number of nitrogens with one attached hydrogen (secondary N) is 1. The second-order valence-corrected chi connectivity index (χ2v) is 4.79. The monoisotopic (exact) mass is 218 g/mol. The third-order valence-electron chi connectivity index (χ3n) is 3.38. The summed E-state index contributed by atoms with van der Waals surface area (Å²) in [4.78, 5) is 0. The number of nitrogen functional groups attached to an aromatic ring is 1. The molecule has 2 nitrogen and oxygen atoms in total. The highest BCUT2D eigenvalue weighted by atomic mass is 14.9. The fourth-order valence-electron chi connectivity index (χ4n) is 2.46. The van der Waals surface area contributed by atoms with Crippen molar-refractivity contribution in [1.29, 1.82) is 0 Å². The van der Waals surface area contributed by atoms with E-state index >= 15 is 0 Å². The van der Waals surface area contributed by atoms with Crippen molar-refractivity contribution in [2.24, 2.45) is 0 Å². The third kappa shape index (κ3) is 2.76. The molecule has 1 unspecified atom stereocenters. The second kappa shape index (κ2) is 5.35. The first-order valence-electron chi connectivity index (χ1n) is 6.40. The maximum absolute atomic E-state index is 5.80. The number of unbranched alkanes of at least 4 members (excludes halogenated alkanes) is 2. The van der Waals surface area contributed by atoms with Crippen molar-refractivity contribution in [3.63, 3.8) is 0 Å². The van der Waals surface area contributed by atoms with Gasteiger partial charge in [-0.3, -0.25) is 0 Å². The lowest BCUT2D eigenvalue weighted by Gasteiger charge is -2.11. The van der Waals surface area contributed by atoms with E-state index in [1.807, 2.05) is 6.07 Å². The average Bonchev–Trinajstić information content (AvgIpc) is 2.66. The molecule has 0 bridgehead atoms. The molecular weight excluding hydrogens is 196 g/mol. The van der Waals surface area contributed by atoms with Gasteiger partial charge in [-0.1, -0.05) is 25.8 Å². The SMILES string of the molecule is CCCCCNC1Cc2ccc(N)cc2C1. The third-order valence-corrected chi connectivity index (χ3v) is 3.38. The molecule has 0 aliphatic heterocycles. The van der Waals surface area contributed by atoms with Gasteiger partial charge in [0.15, 0.2) is 0 Å². The highest BCUT2D eigenvalue weighted by Crippen LogP contribution is 2.24. The molecule has 3 N–H and O–H groups in total. The fraction of sp³-hybridized carbons (Fsp3) is 0.571. The first kappa shape index (κ1) is 11.5.